The van der Waals surface area contributed by atoms with Crippen LogP contribution >= 0.6 is 0 Å². The first kappa shape index (κ1) is 17.0. The third-order valence-corrected chi connectivity index (χ3v) is 4.36. The van der Waals surface area contributed by atoms with Crippen molar-refractivity contribution < 1.29 is 4.79 Å². The lowest BCUT2D eigenvalue weighted by atomic mass is 10.1. The zero-order chi connectivity index (χ0) is 19.0. The Bertz CT molecular complexity index is 1130. The first-order valence-corrected chi connectivity index (χ1v) is 8.71. The van der Waals surface area contributed by atoms with Crippen molar-refractivity contribution in [2.45, 2.75) is 33.4 Å². The lowest BCUT2D eigenvalue weighted by molar-refractivity contribution is 0.0950. The summed E-state index contributed by atoms with van der Waals surface area (Å²) in [6, 6.07) is 5.61. The van der Waals surface area contributed by atoms with E-state index < -0.39 is 0 Å². The second-order valence-electron chi connectivity index (χ2n) is 6.68. The van der Waals surface area contributed by atoms with E-state index in [-0.39, 0.29) is 11.9 Å². The SMILES string of the molecule is Cc1cnc(CNC(=O)c2ccc3nnc4ncn(C(C)C)c4c3c2)cn1. The fraction of sp³-hybridized carbons (Fsp3) is 0.263. The number of carbonyl (C=O) groups excluding carboxylic acids is 1. The van der Waals surface area contributed by atoms with Crippen molar-refractivity contribution >= 4 is 28.0 Å². The summed E-state index contributed by atoms with van der Waals surface area (Å²) < 4.78 is 2.04. The van der Waals surface area contributed by atoms with Crippen LogP contribution in [0.3, 0.4) is 0 Å². The summed E-state index contributed by atoms with van der Waals surface area (Å²) >= 11 is 0. The molecule has 27 heavy (non-hydrogen) atoms. The number of hydrogen-bond acceptors (Lipinski definition) is 6. The van der Waals surface area contributed by atoms with Crippen LogP contribution in [0.4, 0.5) is 0 Å². The third-order valence-electron chi connectivity index (χ3n) is 4.36. The van der Waals surface area contributed by atoms with E-state index in [1.54, 1.807) is 30.9 Å². The Morgan fingerprint density at radius 2 is 2.00 bits per heavy atom. The molecule has 0 unspecified atom stereocenters. The van der Waals surface area contributed by atoms with Crippen molar-refractivity contribution in [1.82, 2.24) is 35.0 Å². The number of imidazole rings is 1. The molecule has 3 aromatic heterocycles. The molecule has 0 radical (unpaired) electrons. The van der Waals surface area contributed by atoms with Crippen LogP contribution in [0.5, 0.6) is 0 Å². The molecule has 0 aliphatic heterocycles. The van der Waals surface area contributed by atoms with Gasteiger partial charge in [0.15, 0.2) is 0 Å². The van der Waals surface area contributed by atoms with Crippen molar-refractivity contribution in [3.05, 3.63) is 53.9 Å². The maximum Gasteiger partial charge on any atom is 0.251 e. The van der Waals surface area contributed by atoms with Gasteiger partial charge in [0.1, 0.15) is 0 Å². The molecule has 1 amide bonds. The molecule has 1 aromatic carbocycles. The normalized spacial score (nSPS) is 11.4. The summed E-state index contributed by atoms with van der Waals surface area (Å²) in [6.45, 7) is 6.34. The number of nitrogens with zero attached hydrogens (tertiary/aromatic N) is 6. The van der Waals surface area contributed by atoms with Gasteiger partial charge in [-0.3, -0.25) is 14.8 Å². The van der Waals surface area contributed by atoms with E-state index in [4.69, 9.17) is 0 Å². The molecule has 136 valence electrons. The first-order valence-electron chi connectivity index (χ1n) is 8.71. The Hall–Kier alpha value is -3.42. The zero-order valence-corrected chi connectivity index (χ0v) is 15.3. The monoisotopic (exact) mass is 361 g/mol. The third kappa shape index (κ3) is 3.21. The number of rotatable bonds is 4. The van der Waals surface area contributed by atoms with Crippen LogP contribution in [0, 0.1) is 6.92 Å². The summed E-state index contributed by atoms with van der Waals surface area (Å²) in [5.74, 6) is -0.181. The molecule has 0 atom stereocenters. The van der Waals surface area contributed by atoms with Crippen LogP contribution in [0.15, 0.2) is 36.9 Å². The van der Waals surface area contributed by atoms with E-state index >= 15 is 0 Å². The number of benzene rings is 1. The van der Waals surface area contributed by atoms with E-state index in [0.717, 1.165) is 22.1 Å². The number of amides is 1. The summed E-state index contributed by atoms with van der Waals surface area (Å²) in [4.78, 5) is 25.4. The second-order valence-corrected chi connectivity index (χ2v) is 6.68. The molecule has 4 rings (SSSR count). The molecule has 0 spiro atoms. The van der Waals surface area contributed by atoms with Crippen LogP contribution < -0.4 is 5.32 Å². The number of aromatic nitrogens is 6. The molecule has 8 heteroatoms. The van der Waals surface area contributed by atoms with Crippen LogP contribution in [0.1, 0.15) is 41.6 Å². The molecule has 0 saturated heterocycles. The van der Waals surface area contributed by atoms with Gasteiger partial charge < -0.3 is 9.88 Å². The fourth-order valence-corrected chi connectivity index (χ4v) is 2.91. The number of hydrogen-bond donors (Lipinski definition) is 1. The van der Waals surface area contributed by atoms with Crippen molar-refractivity contribution in [3.8, 4) is 0 Å². The topological polar surface area (TPSA) is 98.5 Å². The minimum atomic E-state index is -0.181. The van der Waals surface area contributed by atoms with Crippen LogP contribution in [-0.2, 0) is 6.54 Å². The Morgan fingerprint density at radius 3 is 2.74 bits per heavy atom. The smallest absolute Gasteiger partial charge is 0.251 e. The van der Waals surface area contributed by atoms with Gasteiger partial charge in [0, 0.05) is 23.2 Å². The van der Waals surface area contributed by atoms with E-state index in [1.807, 2.05) is 17.6 Å². The minimum Gasteiger partial charge on any atom is -0.346 e. The summed E-state index contributed by atoms with van der Waals surface area (Å²) in [5, 5.41) is 12.1. The molecule has 4 aromatic rings. The molecule has 0 bridgehead atoms. The molecule has 0 saturated carbocycles. The highest BCUT2D eigenvalue weighted by Gasteiger charge is 2.14. The second kappa shape index (κ2) is 6.71. The average molecular weight is 361 g/mol. The van der Waals surface area contributed by atoms with Crippen molar-refractivity contribution in [1.29, 1.82) is 0 Å². The summed E-state index contributed by atoms with van der Waals surface area (Å²) in [6.07, 6.45) is 5.10. The highest BCUT2D eigenvalue weighted by Crippen LogP contribution is 2.25. The van der Waals surface area contributed by atoms with Crippen LogP contribution in [0.2, 0.25) is 0 Å². The van der Waals surface area contributed by atoms with Gasteiger partial charge in [-0.2, -0.15) is 0 Å². The predicted molar refractivity (Wildman–Crippen MR) is 101 cm³/mol. The molecular weight excluding hydrogens is 342 g/mol. The van der Waals surface area contributed by atoms with Gasteiger partial charge >= 0.3 is 0 Å². The van der Waals surface area contributed by atoms with Crippen LogP contribution in [-0.4, -0.2) is 35.6 Å². The average Bonchev–Trinajstić information content (AvgIpc) is 3.12. The van der Waals surface area contributed by atoms with Gasteiger partial charge in [0.25, 0.3) is 5.91 Å². The van der Waals surface area contributed by atoms with E-state index in [0.29, 0.717) is 23.4 Å². The van der Waals surface area contributed by atoms with Crippen molar-refractivity contribution in [2.75, 3.05) is 0 Å². The molecule has 1 N–H and O–H groups in total. The minimum absolute atomic E-state index is 0.181. The van der Waals surface area contributed by atoms with Gasteiger partial charge in [-0.15, -0.1) is 10.2 Å². The lowest BCUT2D eigenvalue weighted by Gasteiger charge is -2.10. The maximum absolute atomic E-state index is 12.6. The molecule has 8 nitrogen and oxygen atoms in total. The van der Waals surface area contributed by atoms with Crippen molar-refractivity contribution in [2.24, 2.45) is 0 Å². The zero-order valence-electron chi connectivity index (χ0n) is 15.3. The van der Waals surface area contributed by atoms with Gasteiger partial charge in [0.05, 0.1) is 41.5 Å². The van der Waals surface area contributed by atoms with E-state index in [1.165, 1.54) is 0 Å². The van der Waals surface area contributed by atoms with Gasteiger partial charge in [-0.05, 0) is 39.0 Å². The quantitative estimate of drug-likeness (QED) is 0.600. The van der Waals surface area contributed by atoms with Crippen molar-refractivity contribution in [3.63, 3.8) is 0 Å². The molecule has 3 heterocycles. The standard InChI is InChI=1S/C19H19N7O/c1-11(2)26-10-23-18-17(26)15-6-13(4-5-16(15)24-25-18)19(27)22-9-14-8-20-12(3)7-21-14/h4-8,10-11H,9H2,1-3H3,(H,22,27). The van der Waals surface area contributed by atoms with E-state index in [2.05, 4.69) is 44.3 Å². The molecule has 0 aliphatic rings. The van der Waals surface area contributed by atoms with Gasteiger partial charge in [-0.1, -0.05) is 0 Å². The molecular formula is C19H19N7O. The summed E-state index contributed by atoms with van der Waals surface area (Å²) in [7, 11) is 0. The Balaban J connectivity index is 1.67. The Morgan fingerprint density at radius 1 is 1.15 bits per heavy atom. The highest BCUT2D eigenvalue weighted by molar-refractivity contribution is 6.05. The molecule has 0 fully saturated rings. The van der Waals surface area contributed by atoms with E-state index in [9.17, 15) is 4.79 Å². The number of carbonyl (C=O) groups is 1. The first-order chi connectivity index (χ1) is 13.0. The Labute approximate surface area is 155 Å². The fourth-order valence-electron chi connectivity index (χ4n) is 2.91. The lowest BCUT2D eigenvalue weighted by Crippen LogP contribution is -2.23. The highest BCUT2D eigenvalue weighted by atomic mass is 16.1. The molecule has 0 aliphatic carbocycles. The van der Waals surface area contributed by atoms with Crippen LogP contribution in [0.25, 0.3) is 22.1 Å². The van der Waals surface area contributed by atoms with Gasteiger partial charge in [-0.25, -0.2) is 4.98 Å². The number of aryl methyl sites for hydroxylation is 1. The largest absolute Gasteiger partial charge is 0.346 e. The summed E-state index contributed by atoms with van der Waals surface area (Å²) in [5.41, 5.74) is 4.28. The van der Waals surface area contributed by atoms with Gasteiger partial charge in [0.2, 0.25) is 5.65 Å². The number of nitrogens with one attached hydrogen (secondary N) is 1. The predicted octanol–water partition coefficient (Wildman–Crippen LogP) is 2.59. The maximum atomic E-state index is 12.6. The number of fused-ring (bicyclic) bond motifs is 3. The Kier molecular flexibility index (Phi) is 4.23.